The average Bonchev–Trinajstić information content (AvgIpc) is 3.75. The number of benzene rings is 1. The number of nitrogens with two attached hydrogens (primary N) is 2. The summed E-state index contributed by atoms with van der Waals surface area (Å²) in [6.07, 6.45) is 3.40. The first-order valence-electron chi connectivity index (χ1n) is 18.1. The number of amides is 2. The molecule has 21 heteroatoms. The van der Waals surface area contributed by atoms with Gasteiger partial charge in [0.15, 0.2) is 11.2 Å². The maximum atomic E-state index is 12.2. The third-order valence-corrected chi connectivity index (χ3v) is 7.76. The molecule has 0 fully saturated rings. The summed E-state index contributed by atoms with van der Waals surface area (Å²) in [5.41, 5.74) is 23.3. The van der Waals surface area contributed by atoms with Gasteiger partial charge < -0.3 is 54.9 Å². The number of hydrogen-bond donors (Lipinski definition) is 4. The highest BCUT2D eigenvalue weighted by Gasteiger charge is 2.18. The highest BCUT2D eigenvalue weighted by atomic mass is 16.5. The molecule has 55 heavy (non-hydrogen) atoms. The predicted molar refractivity (Wildman–Crippen MR) is 201 cm³/mol. The minimum atomic E-state index is -0.123. The molecule has 300 valence electrons. The molecule has 21 nitrogen and oxygen atoms in total. The molecule has 6 N–H and O–H groups in total. The molecule has 0 unspecified atom stereocenters. The van der Waals surface area contributed by atoms with Gasteiger partial charge in [0.05, 0.1) is 84.7 Å². The Labute approximate surface area is 317 Å². The molecule has 0 bridgehead atoms. The Bertz CT molecular complexity index is 1800. The van der Waals surface area contributed by atoms with Gasteiger partial charge in [-0.1, -0.05) is 5.11 Å². The molecule has 0 spiro atoms. The third-order valence-electron chi connectivity index (χ3n) is 7.76. The topological polar surface area (TPSA) is 284 Å². The van der Waals surface area contributed by atoms with Crippen molar-refractivity contribution in [3.8, 4) is 11.3 Å². The molecule has 0 aliphatic heterocycles. The lowest BCUT2D eigenvalue weighted by Gasteiger charge is -2.09. The average molecular weight is 771 g/mol. The molecule has 0 aliphatic rings. The Morgan fingerprint density at radius 2 is 1.42 bits per heavy atom. The van der Waals surface area contributed by atoms with Crippen LogP contribution < -0.4 is 22.1 Å². The summed E-state index contributed by atoms with van der Waals surface area (Å²) in [4.78, 5) is 39.5. The lowest BCUT2D eigenvalue weighted by atomic mass is 10.1. The van der Waals surface area contributed by atoms with Crippen LogP contribution >= 0.6 is 0 Å². The van der Waals surface area contributed by atoms with Crippen LogP contribution in [0.5, 0.6) is 0 Å². The van der Waals surface area contributed by atoms with Crippen LogP contribution in [0.15, 0.2) is 34.1 Å². The monoisotopic (exact) mass is 770 g/mol. The number of hydrogen-bond acceptors (Lipinski definition) is 16. The van der Waals surface area contributed by atoms with Gasteiger partial charge in [-0.2, -0.15) is 10.1 Å². The van der Waals surface area contributed by atoms with Crippen molar-refractivity contribution in [2.75, 3.05) is 110 Å². The van der Waals surface area contributed by atoms with Crippen LogP contribution in [0.3, 0.4) is 0 Å². The predicted octanol–water partition coefficient (Wildman–Crippen LogP) is 2.00. The quantitative estimate of drug-likeness (QED) is 0.0255. The van der Waals surface area contributed by atoms with E-state index in [9.17, 15) is 9.59 Å². The van der Waals surface area contributed by atoms with E-state index >= 15 is 0 Å². The lowest BCUT2D eigenvalue weighted by molar-refractivity contribution is -0.123. The fraction of sp³-hybridized carbons (Fsp3) is 0.588. The number of azide groups is 1. The zero-order valence-corrected chi connectivity index (χ0v) is 30.9. The molecule has 0 atom stereocenters. The summed E-state index contributed by atoms with van der Waals surface area (Å²) in [6, 6.07) is 5.58. The molecular formula is C34H50N12O9. The second-order valence-corrected chi connectivity index (χ2v) is 11.8. The largest absolute Gasteiger partial charge is 0.424 e. The number of anilines is 2. The molecule has 4 aromatic rings. The number of carbonyl (C=O) groups excluding carboxylic acids is 2. The Hall–Kier alpha value is -5.15. The number of nitrogen functional groups attached to an aromatic ring is 2. The minimum absolute atomic E-state index is 0.0883. The SMILES string of the molecule is [N-]=[N+]=NCCOCCOCCOCCC(=O)NCCOCCOCCOCCC(=O)NCCCCn1nc(-c2ccc3oc(N)nc3c2)c2c(N)ncnc21. The van der Waals surface area contributed by atoms with Gasteiger partial charge in [0.2, 0.25) is 11.8 Å². The van der Waals surface area contributed by atoms with Gasteiger partial charge in [0.25, 0.3) is 6.01 Å². The highest BCUT2D eigenvalue weighted by Crippen LogP contribution is 2.32. The summed E-state index contributed by atoms with van der Waals surface area (Å²) in [5.74, 6) is 0.118. The number of nitrogens with zero attached hydrogens (tertiary/aromatic N) is 8. The van der Waals surface area contributed by atoms with Crippen LogP contribution in [0.25, 0.3) is 43.8 Å². The number of aryl methyl sites for hydroxylation is 1. The number of ether oxygens (including phenoxy) is 6. The maximum absolute atomic E-state index is 12.2. The van der Waals surface area contributed by atoms with Crippen molar-refractivity contribution in [3.63, 3.8) is 0 Å². The second kappa shape index (κ2) is 25.0. The van der Waals surface area contributed by atoms with Crippen molar-refractivity contribution in [2.45, 2.75) is 32.2 Å². The molecule has 1 aromatic carbocycles. The van der Waals surface area contributed by atoms with Gasteiger partial charge in [-0.25, -0.2) is 14.6 Å². The van der Waals surface area contributed by atoms with Crippen molar-refractivity contribution in [1.29, 1.82) is 0 Å². The lowest BCUT2D eigenvalue weighted by Crippen LogP contribution is -2.28. The van der Waals surface area contributed by atoms with E-state index in [1.807, 2.05) is 12.1 Å². The van der Waals surface area contributed by atoms with E-state index in [0.717, 1.165) is 18.4 Å². The Morgan fingerprint density at radius 3 is 2.09 bits per heavy atom. The Balaban J connectivity index is 0.932. The molecule has 0 saturated heterocycles. The van der Waals surface area contributed by atoms with Crippen LogP contribution in [-0.2, 0) is 44.6 Å². The van der Waals surface area contributed by atoms with Gasteiger partial charge in [0.1, 0.15) is 23.4 Å². The minimum Gasteiger partial charge on any atom is -0.424 e. The van der Waals surface area contributed by atoms with E-state index in [2.05, 4.69) is 35.6 Å². The zero-order chi connectivity index (χ0) is 38.9. The van der Waals surface area contributed by atoms with E-state index in [4.69, 9.17) is 54.9 Å². The molecule has 3 heterocycles. The van der Waals surface area contributed by atoms with Crippen LogP contribution in [0.4, 0.5) is 11.8 Å². The van der Waals surface area contributed by atoms with E-state index in [-0.39, 0.29) is 37.3 Å². The van der Waals surface area contributed by atoms with E-state index < -0.39 is 0 Å². The van der Waals surface area contributed by atoms with Gasteiger partial charge in [0, 0.05) is 49.5 Å². The van der Waals surface area contributed by atoms with Crippen molar-refractivity contribution in [3.05, 3.63) is 35.0 Å². The first kappa shape index (κ1) is 42.6. The van der Waals surface area contributed by atoms with Crippen LogP contribution in [0, 0.1) is 0 Å². The number of rotatable bonds is 30. The Kier molecular flexibility index (Phi) is 19.4. The van der Waals surface area contributed by atoms with Crippen LogP contribution in [-0.4, -0.2) is 135 Å². The van der Waals surface area contributed by atoms with Gasteiger partial charge >= 0.3 is 0 Å². The summed E-state index contributed by atoms with van der Waals surface area (Å²) in [5, 5.41) is 14.5. The van der Waals surface area contributed by atoms with E-state index in [1.54, 1.807) is 10.7 Å². The van der Waals surface area contributed by atoms with Crippen molar-refractivity contribution >= 4 is 45.8 Å². The fourth-order valence-corrected chi connectivity index (χ4v) is 5.10. The van der Waals surface area contributed by atoms with Crippen molar-refractivity contribution in [1.82, 2.24) is 35.4 Å². The molecule has 3 aromatic heterocycles. The number of oxazole rings is 1. The third kappa shape index (κ3) is 15.6. The standard InChI is InChI=1S/C34H50N12O9/c35-32-30-31(25-3-4-27-26(23-25)43-34(36)55-27)44-46(33(30)41-24-40-32)10-2-1-7-38-28(47)5-11-49-15-19-53-21-17-51-13-8-39-29(48)6-12-50-16-20-54-22-18-52-14-9-42-45-37/h3-4,23-24H,1-2,5-22H2,(H2,36,43)(H,38,47)(H,39,48)(H2,35,40,41). The number of aromatic nitrogens is 5. The van der Waals surface area contributed by atoms with Crippen LogP contribution in [0.2, 0.25) is 0 Å². The Morgan fingerprint density at radius 1 is 0.800 bits per heavy atom. The molecule has 2 amide bonds. The number of nitrogens with one attached hydrogen (secondary N) is 2. The summed E-state index contributed by atoms with van der Waals surface area (Å²) in [6.45, 7) is 6.19. The van der Waals surface area contributed by atoms with E-state index in [0.29, 0.717) is 132 Å². The number of unbranched alkanes of at least 4 members (excludes halogenated alkanes) is 1. The smallest absolute Gasteiger partial charge is 0.292 e. The number of fused-ring (bicyclic) bond motifs is 2. The van der Waals surface area contributed by atoms with Gasteiger partial charge in [-0.15, -0.1) is 0 Å². The summed E-state index contributed by atoms with van der Waals surface area (Å²) < 4.78 is 39.6. The molecule has 4 rings (SSSR count). The summed E-state index contributed by atoms with van der Waals surface area (Å²) in [7, 11) is 0. The van der Waals surface area contributed by atoms with Gasteiger partial charge in [-0.3, -0.25) is 9.59 Å². The van der Waals surface area contributed by atoms with Gasteiger partial charge in [-0.05, 0) is 36.6 Å². The number of carbonyl (C=O) groups is 2. The zero-order valence-electron chi connectivity index (χ0n) is 30.9. The normalized spacial score (nSPS) is 11.3. The van der Waals surface area contributed by atoms with Crippen molar-refractivity contribution in [2.24, 2.45) is 5.11 Å². The summed E-state index contributed by atoms with van der Waals surface area (Å²) >= 11 is 0. The second-order valence-electron chi connectivity index (χ2n) is 11.8. The molecular weight excluding hydrogens is 720 g/mol. The first-order chi connectivity index (χ1) is 27.0. The maximum Gasteiger partial charge on any atom is 0.292 e. The fourth-order valence-electron chi connectivity index (χ4n) is 5.10. The van der Waals surface area contributed by atoms with E-state index in [1.165, 1.54) is 6.33 Å². The van der Waals surface area contributed by atoms with Crippen LogP contribution in [0.1, 0.15) is 25.7 Å². The molecule has 0 radical (unpaired) electrons. The molecule has 0 aliphatic carbocycles. The first-order valence-corrected chi connectivity index (χ1v) is 18.1. The highest BCUT2D eigenvalue weighted by molar-refractivity contribution is 5.99. The molecule has 0 saturated carbocycles. The van der Waals surface area contributed by atoms with Crippen molar-refractivity contribution < 1.29 is 42.4 Å².